The zero-order valence-corrected chi connectivity index (χ0v) is 20.0. The lowest BCUT2D eigenvalue weighted by Crippen LogP contribution is -2.20. The molecule has 2 amide bonds. The topological polar surface area (TPSA) is 89.0 Å². The fourth-order valence-electron chi connectivity index (χ4n) is 2.72. The van der Waals surface area contributed by atoms with E-state index in [1.807, 2.05) is 6.92 Å². The lowest BCUT2D eigenvalue weighted by molar-refractivity contribution is -0.118. The molecule has 0 atom stereocenters. The number of carbonyl (C=O) groups is 2. The minimum absolute atomic E-state index is 0.220. The van der Waals surface area contributed by atoms with Gasteiger partial charge in [-0.2, -0.15) is 5.10 Å². The monoisotopic (exact) mass is 529 g/mol. The van der Waals surface area contributed by atoms with Gasteiger partial charge in [-0.05, 0) is 67.1 Å². The summed E-state index contributed by atoms with van der Waals surface area (Å²) in [5, 5.41) is 7.13. The van der Waals surface area contributed by atoms with Gasteiger partial charge in [0.2, 0.25) is 0 Å². The maximum absolute atomic E-state index is 12.2. The molecule has 0 aromatic heterocycles. The third kappa shape index (κ3) is 7.34. The van der Waals surface area contributed by atoms with Crippen molar-refractivity contribution in [1.29, 1.82) is 0 Å². The number of amides is 2. The number of carbonyl (C=O) groups excluding carboxylic acids is 2. The molecule has 33 heavy (non-hydrogen) atoms. The SMILES string of the molecule is CCOc1cc(/C=N/NC(=O)c2ccc(Br)cc2)ccc1OCC(=O)Nc1ccccc1Cl. The van der Waals surface area contributed by atoms with Crippen molar-refractivity contribution in [3.05, 3.63) is 87.4 Å². The van der Waals surface area contributed by atoms with Gasteiger partial charge in [0, 0.05) is 10.0 Å². The Morgan fingerprint density at radius 1 is 1.03 bits per heavy atom. The average molecular weight is 531 g/mol. The number of para-hydroxylation sites is 1. The van der Waals surface area contributed by atoms with E-state index in [-0.39, 0.29) is 18.4 Å². The van der Waals surface area contributed by atoms with E-state index < -0.39 is 0 Å². The maximum Gasteiger partial charge on any atom is 0.271 e. The van der Waals surface area contributed by atoms with Crippen molar-refractivity contribution in [2.75, 3.05) is 18.5 Å². The van der Waals surface area contributed by atoms with E-state index in [1.54, 1.807) is 66.7 Å². The van der Waals surface area contributed by atoms with Crippen LogP contribution in [0.3, 0.4) is 0 Å². The Bertz CT molecular complexity index is 1150. The summed E-state index contributed by atoms with van der Waals surface area (Å²) in [6.45, 7) is 2.03. The van der Waals surface area contributed by atoms with Gasteiger partial charge >= 0.3 is 0 Å². The van der Waals surface area contributed by atoms with Crippen molar-refractivity contribution in [3.8, 4) is 11.5 Å². The summed E-state index contributed by atoms with van der Waals surface area (Å²) in [7, 11) is 0. The quantitative estimate of drug-likeness (QED) is 0.291. The van der Waals surface area contributed by atoms with E-state index in [0.717, 1.165) is 4.47 Å². The molecular formula is C24H21BrClN3O4. The van der Waals surface area contributed by atoms with Gasteiger partial charge < -0.3 is 14.8 Å². The van der Waals surface area contributed by atoms with Gasteiger partial charge in [-0.25, -0.2) is 5.43 Å². The number of hydrazone groups is 1. The molecule has 170 valence electrons. The molecule has 0 aliphatic heterocycles. The number of anilines is 1. The van der Waals surface area contributed by atoms with Crippen molar-refractivity contribution < 1.29 is 19.1 Å². The number of nitrogens with zero attached hydrogens (tertiary/aromatic N) is 1. The fraction of sp³-hybridized carbons (Fsp3) is 0.125. The van der Waals surface area contributed by atoms with Gasteiger partial charge in [-0.15, -0.1) is 0 Å². The Morgan fingerprint density at radius 3 is 2.52 bits per heavy atom. The van der Waals surface area contributed by atoms with E-state index in [0.29, 0.717) is 39.9 Å². The van der Waals surface area contributed by atoms with Gasteiger partial charge in [-0.3, -0.25) is 9.59 Å². The first-order valence-corrected chi connectivity index (χ1v) is 11.2. The molecule has 2 N–H and O–H groups in total. The number of halogens is 2. The molecule has 0 saturated heterocycles. The molecule has 0 aliphatic carbocycles. The van der Waals surface area contributed by atoms with E-state index in [9.17, 15) is 9.59 Å². The predicted molar refractivity (Wildman–Crippen MR) is 132 cm³/mol. The third-order valence-electron chi connectivity index (χ3n) is 4.26. The summed E-state index contributed by atoms with van der Waals surface area (Å²) >= 11 is 9.38. The molecule has 0 saturated carbocycles. The zero-order valence-electron chi connectivity index (χ0n) is 17.7. The van der Waals surface area contributed by atoms with E-state index in [4.69, 9.17) is 21.1 Å². The van der Waals surface area contributed by atoms with Crippen molar-refractivity contribution in [3.63, 3.8) is 0 Å². The van der Waals surface area contributed by atoms with E-state index in [1.165, 1.54) is 6.21 Å². The van der Waals surface area contributed by atoms with Gasteiger partial charge in [-0.1, -0.05) is 39.7 Å². The average Bonchev–Trinajstić information content (AvgIpc) is 2.80. The molecule has 9 heteroatoms. The first kappa shape index (κ1) is 24.3. The normalized spacial score (nSPS) is 10.6. The summed E-state index contributed by atoms with van der Waals surface area (Å²) in [6.07, 6.45) is 1.49. The molecule has 0 unspecified atom stereocenters. The smallest absolute Gasteiger partial charge is 0.271 e. The molecule has 0 fully saturated rings. The van der Waals surface area contributed by atoms with Crippen LogP contribution in [-0.2, 0) is 4.79 Å². The highest BCUT2D eigenvalue weighted by Crippen LogP contribution is 2.28. The lowest BCUT2D eigenvalue weighted by atomic mass is 10.2. The Morgan fingerprint density at radius 2 is 1.79 bits per heavy atom. The lowest BCUT2D eigenvalue weighted by Gasteiger charge is -2.13. The first-order valence-electron chi connectivity index (χ1n) is 9.99. The van der Waals surface area contributed by atoms with Crippen LogP contribution in [0.4, 0.5) is 5.69 Å². The minimum atomic E-state index is -0.355. The van der Waals surface area contributed by atoms with Crippen LogP contribution in [0.5, 0.6) is 11.5 Å². The number of rotatable bonds is 9. The number of benzene rings is 3. The highest BCUT2D eigenvalue weighted by atomic mass is 79.9. The van der Waals surface area contributed by atoms with Crippen molar-refractivity contribution >= 4 is 51.2 Å². The highest BCUT2D eigenvalue weighted by Gasteiger charge is 2.11. The second-order valence-electron chi connectivity index (χ2n) is 6.66. The summed E-state index contributed by atoms with van der Waals surface area (Å²) in [5.74, 6) is 0.175. The molecule has 0 spiro atoms. The van der Waals surface area contributed by atoms with Crippen LogP contribution in [0.2, 0.25) is 5.02 Å². The summed E-state index contributed by atoms with van der Waals surface area (Å²) < 4.78 is 12.1. The molecule has 0 heterocycles. The fourth-order valence-corrected chi connectivity index (χ4v) is 3.16. The molecule has 0 bridgehead atoms. The Balaban J connectivity index is 1.60. The third-order valence-corrected chi connectivity index (χ3v) is 5.12. The molecular weight excluding hydrogens is 510 g/mol. The minimum Gasteiger partial charge on any atom is -0.490 e. The van der Waals surface area contributed by atoms with Crippen molar-refractivity contribution in [1.82, 2.24) is 5.43 Å². The Labute approximate surface area is 204 Å². The van der Waals surface area contributed by atoms with Crippen LogP contribution in [0.15, 0.2) is 76.3 Å². The van der Waals surface area contributed by atoms with Crippen molar-refractivity contribution in [2.24, 2.45) is 5.10 Å². The molecule has 0 aliphatic rings. The highest BCUT2D eigenvalue weighted by molar-refractivity contribution is 9.10. The Hall–Kier alpha value is -3.36. The second-order valence-corrected chi connectivity index (χ2v) is 7.98. The van der Waals surface area contributed by atoms with Crippen LogP contribution in [0, 0.1) is 0 Å². The van der Waals surface area contributed by atoms with Gasteiger partial charge in [0.25, 0.3) is 11.8 Å². The summed E-state index contributed by atoms with van der Waals surface area (Å²) in [5.41, 5.74) is 4.16. The van der Waals surface area contributed by atoms with E-state index >= 15 is 0 Å². The maximum atomic E-state index is 12.2. The van der Waals surface area contributed by atoms with Crippen LogP contribution in [-0.4, -0.2) is 31.2 Å². The number of hydrogen-bond acceptors (Lipinski definition) is 5. The molecule has 3 rings (SSSR count). The van der Waals surface area contributed by atoms with E-state index in [2.05, 4.69) is 31.8 Å². The van der Waals surface area contributed by atoms with Gasteiger partial charge in [0.1, 0.15) is 0 Å². The van der Waals surface area contributed by atoms with Crippen LogP contribution < -0.4 is 20.2 Å². The zero-order chi connectivity index (χ0) is 23.6. The van der Waals surface area contributed by atoms with Crippen LogP contribution in [0.25, 0.3) is 0 Å². The number of nitrogens with one attached hydrogen (secondary N) is 2. The number of hydrogen-bond donors (Lipinski definition) is 2. The van der Waals surface area contributed by atoms with Gasteiger partial charge in [0.15, 0.2) is 18.1 Å². The molecule has 3 aromatic carbocycles. The first-order chi connectivity index (χ1) is 16.0. The van der Waals surface area contributed by atoms with Crippen LogP contribution in [0.1, 0.15) is 22.8 Å². The molecule has 0 radical (unpaired) electrons. The second kappa shape index (κ2) is 12.0. The standard InChI is InChI=1S/C24H21BrClN3O4/c1-2-32-22-13-16(14-27-29-24(31)17-8-10-18(25)11-9-17)7-12-21(22)33-15-23(30)28-20-6-4-3-5-19(20)26/h3-14H,2,15H2,1H3,(H,28,30)(H,29,31)/b27-14+. The molecule has 7 nitrogen and oxygen atoms in total. The summed E-state index contributed by atoms with van der Waals surface area (Å²) in [4.78, 5) is 24.4. The summed E-state index contributed by atoms with van der Waals surface area (Å²) in [6, 6.07) is 19.0. The Kier molecular flexibility index (Phi) is 8.86. The van der Waals surface area contributed by atoms with Crippen LogP contribution >= 0.6 is 27.5 Å². The largest absolute Gasteiger partial charge is 0.490 e. The molecule has 3 aromatic rings. The number of ether oxygens (including phenoxy) is 2. The van der Waals surface area contributed by atoms with Crippen molar-refractivity contribution in [2.45, 2.75) is 6.92 Å². The predicted octanol–water partition coefficient (Wildman–Crippen LogP) is 5.28. The van der Waals surface area contributed by atoms with Gasteiger partial charge in [0.05, 0.1) is 23.5 Å².